The van der Waals surface area contributed by atoms with E-state index in [-0.39, 0.29) is 11.6 Å². The zero-order valence-corrected chi connectivity index (χ0v) is 17.2. The highest BCUT2D eigenvalue weighted by Crippen LogP contribution is 2.36. The minimum atomic E-state index is -0.449. The molecule has 0 saturated carbocycles. The monoisotopic (exact) mass is 451 g/mol. The molecule has 0 bridgehead atoms. The van der Waals surface area contributed by atoms with E-state index in [4.69, 9.17) is 9.47 Å². The summed E-state index contributed by atoms with van der Waals surface area (Å²) < 4.78 is 11.6. The SMILES string of the molecule is CCCOc1c(Br)cc(C(=O)NCCNc2ccc([N+](=O)[O-])cc2)cc1OC. The van der Waals surface area contributed by atoms with Crippen molar-refractivity contribution in [1.82, 2.24) is 5.32 Å². The van der Waals surface area contributed by atoms with Gasteiger partial charge in [-0.15, -0.1) is 0 Å². The zero-order chi connectivity index (χ0) is 20.5. The van der Waals surface area contributed by atoms with Gasteiger partial charge in [0.05, 0.1) is 23.1 Å². The average molecular weight is 452 g/mol. The van der Waals surface area contributed by atoms with E-state index in [1.807, 2.05) is 6.92 Å². The van der Waals surface area contributed by atoms with Crippen LogP contribution in [-0.4, -0.2) is 37.6 Å². The number of benzene rings is 2. The molecular weight excluding hydrogens is 430 g/mol. The number of anilines is 1. The smallest absolute Gasteiger partial charge is 0.269 e. The number of nitrogens with one attached hydrogen (secondary N) is 2. The van der Waals surface area contributed by atoms with Crippen LogP contribution in [-0.2, 0) is 0 Å². The summed E-state index contributed by atoms with van der Waals surface area (Å²) in [7, 11) is 1.52. The summed E-state index contributed by atoms with van der Waals surface area (Å²) in [5, 5.41) is 16.5. The maximum Gasteiger partial charge on any atom is 0.269 e. The van der Waals surface area contributed by atoms with Crippen molar-refractivity contribution in [2.24, 2.45) is 0 Å². The Bertz CT molecular complexity index is 827. The highest BCUT2D eigenvalue weighted by molar-refractivity contribution is 9.10. The standard InChI is InChI=1S/C19H22BrN3O5/c1-3-10-28-18-16(20)11-13(12-17(18)27-2)19(24)22-9-8-21-14-4-6-15(7-5-14)23(25)26/h4-7,11-12,21H,3,8-10H2,1-2H3,(H,22,24). The lowest BCUT2D eigenvalue weighted by Gasteiger charge is -2.14. The molecule has 0 aliphatic heterocycles. The number of ether oxygens (including phenoxy) is 2. The first-order valence-corrected chi connectivity index (χ1v) is 9.52. The van der Waals surface area contributed by atoms with Crippen molar-refractivity contribution in [3.8, 4) is 11.5 Å². The largest absolute Gasteiger partial charge is 0.493 e. The van der Waals surface area contributed by atoms with Crippen LogP contribution in [0.15, 0.2) is 40.9 Å². The number of nitrogens with zero attached hydrogens (tertiary/aromatic N) is 1. The molecule has 2 N–H and O–H groups in total. The molecule has 0 radical (unpaired) electrons. The number of rotatable bonds is 10. The predicted molar refractivity (Wildman–Crippen MR) is 110 cm³/mol. The molecule has 0 unspecified atom stereocenters. The highest BCUT2D eigenvalue weighted by Gasteiger charge is 2.15. The van der Waals surface area contributed by atoms with Gasteiger partial charge in [-0.05, 0) is 46.6 Å². The minimum absolute atomic E-state index is 0.0322. The Morgan fingerprint density at radius 3 is 2.54 bits per heavy atom. The van der Waals surface area contributed by atoms with Gasteiger partial charge >= 0.3 is 0 Å². The van der Waals surface area contributed by atoms with Crippen LogP contribution in [0.4, 0.5) is 11.4 Å². The molecule has 0 saturated heterocycles. The number of amides is 1. The summed E-state index contributed by atoms with van der Waals surface area (Å²) in [4.78, 5) is 22.6. The number of nitro benzene ring substituents is 1. The van der Waals surface area contributed by atoms with Gasteiger partial charge in [0.15, 0.2) is 11.5 Å². The van der Waals surface area contributed by atoms with Crippen molar-refractivity contribution in [3.05, 3.63) is 56.5 Å². The molecular formula is C19H22BrN3O5. The quantitative estimate of drug-likeness (QED) is 0.321. The summed E-state index contributed by atoms with van der Waals surface area (Å²) in [5.41, 5.74) is 1.22. The zero-order valence-electron chi connectivity index (χ0n) is 15.7. The van der Waals surface area contributed by atoms with E-state index in [9.17, 15) is 14.9 Å². The van der Waals surface area contributed by atoms with Crippen LogP contribution in [0.3, 0.4) is 0 Å². The third kappa shape index (κ3) is 5.85. The van der Waals surface area contributed by atoms with Gasteiger partial charge in [-0.25, -0.2) is 0 Å². The number of carbonyl (C=O) groups excluding carboxylic acids is 1. The Morgan fingerprint density at radius 1 is 1.21 bits per heavy atom. The number of hydrogen-bond donors (Lipinski definition) is 2. The van der Waals surface area contributed by atoms with Crippen LogP contribution in [0.5, 0.6) is 11.5 Å². The lowest BCUT2D eigenvalue weighted by Crippen LogP contribution is -2.28. The first-order valence-electron chi connectivity index (χ1n) is 8.73. The van der Waals surface area contributed by atoms with Crippen LogP contribution < -0.4 is 20.1 Å². The van der Waals surface area contributed by atoms with Crippen molar-refractivity contribution in [1.29, 1.82) is 0 Å². The Kier molecular flexibility index (Phi) is 8.06. The van der Waals surface area contributed by atoms with Gasteiger partial charge in [0.25, 0.3) is 11.6 Å². The van der Waals surface area contributed by atoms with E-state index >= 15 is 0 Å². The van der Waals surface area contributed by atoms with E-state index in [2.05, 4.69) is 26.6 Å². The average Bonchev–Trinajstić information content (AvgIpc) is 2.69. The lowest BCUT2D eigenvalue weighted by atomic mass is 10.2. The third-order valence-corrected chi connectivity index (χ3v) is 4.35. The fraction of sp³-hybridized carbons (Fsp3) is 0.316. The molecule has 0 aliphatic rings. The van der Waals surface area contributed by atoms with Gasteiger partial charge in [0, 0.05) is 36.5 Å². The van der Waals surface area contributed by atoms with Gasteiger partial charge < -0.3 is 20.1 Å². The van der Waals surface area contributed by atoms with Gasteiger partial charge in [-0.1, -0.05) is 6.92 Å². The van der Waals surface area contributed by atoms with E-state index in [0.29, 0.717) is 41.2 Å². The van der Waals surface area contributed by atoms with E-state index in [1.165, 1.54) is 19.2 Å². The number of non-ortho nitro benzene ring substituents is 1. The molecule has 8 nitrogen and oxygen atoms in total. The maximum absolute atomic E-state index is 12.4. The van der Waals surface area contributed by atoms with Crippen LogP contribution in [0.25, 0.3) is 0 Å². The van der Waals surface area contributed by atoms with Crippen molar-refractivity contribution in [3.63, 3.8) is 0 Å². The van der Waals surface area contributed by atoms with Gasteiger partial charge in [0.2, 0.25) is 0 Å². The second kappa shape index (κ2) is 10.5. The fourth-order valence-electron chi connectivity index (χ4n) is 2.38. The minimum Gasteiger partial charge on any atom is -0.493 e. The van der Waals surface area contributed by atoms with Crippen LogP contribution >= 0.6 is 15.9 Å². The predicted octanol–water partition coefficient (Wildman–Crippen LogP) is 4.00. The second-order valence-electron chi connectivity index (χ2n) is 5.82. The normalized spacial score (nSPS) is 10.2. The maximum atomic E-state index is 12.4. The summed E-state index contributed by atoms with van der Waals surface area (Å²) in [6.45, 7) is 3.41. The molecule has 2 rings (SSSR count). The van der Waals surface area contributed by atoms with E-state index in [0.717, 1.165) is 12.1 Å². The topological polar surface area (TPSA) is 103 Å². The molecule has 0 aromatic heterocycles. The van der Waals surface area contributed by atoms with E-state index in [1.54, 1.807) is 24.3 Å². The van der Waals surface area contributed by atoms with Gasteiger partial charge in [-0.3, -0.25) is 14.9 Å². The lowest BCUT2D eigenvalue weighted by molar-refractivity contribution is -0.384. The van der Waals surface area contributed by atoms with Crippen molar-refractivity contribution < 1.29 is 19.2 Å². The van der Waals surface area contributed by atoms with E-state index < -0.39 is 4.92 Å². The number of halogens is 1. The fourth-order valence-corrected chi connectivity index (χ4v) is 2.94. The summed E-state index contributed by atoms with van der Waals surface area (Å²) in [6, 6.07) is 9.41. The molecule has 9 heteroatoms. The highest BCUT2D eigenvalue weighted by atomic mass is 79.9. The Balaban J connectivity index is 1.90. The number of methoxy groups -OCH3 is 1. The molecule has 0 spiro atoms. The Morgan fingerprint density at radius 2 is 1.93 bits per heavy atom. The second-order valence-corrected chi connectivity index (χ2v) is 6.68. The molecule has 2 aromatic carbocycles. The molecule has 150 valence electrons. The summed E-state index contributed by atoms with van der Waals surface area (Å²) in [6.07, 6.45) is 0.861. The molecule has 28 heavy (non-hydrogen) atoms. The molecule has 1 amide bonds. The van der Waals surface area contributed by atoms with Crippen molar-refractivity contribution in [2.45, 2.75) is 13.3 Å². The van der Waals surface area contributed by atoms with Crippen molar-refractivity contribution in [2.75, 3.05) is 32.1 Å². The Labute approximate surface area is 171 Å². The molecule has 0 aliphatic carbocycles. The van der Waals surface area contributed by atoms with Crippen molar-refractivity contribution >= 4 is 33.2 Å². The first kappa shape index (κ1) is 21.5. The summed E-state index contributed by atoms with van der Waals surface area (Å²) in [5.74, 6) is 0.809. The van der Waals surface area contributed by atoms with Gasteiger partial charge in [-0.2, -0.15) is 0 Å². The Hall–Kier alpha value is -2.81. The number of hydrogen-bond acceptors (Lipinski definition) is 6. The molecule has 0 atom stereocenters. The first-order chi connectivity index (χ1) is 13.5. The third-order valence-electron chi connectivity index (χ3n) is 3.76. The van der Waals surface area contributed by atoms with Crippen LogP contribution in [0, 0.1) is 10.1 Å². The summed E-state index contributed by atoms with van der Waals surface area (Å²) >= 11 is 3.42. The van der Waals surface area contributed by atoms with Crippen LogP contribution in [0.2, 0.25) is 0 Å². The number of nitro groups is 1. The van der Waals surface area contributed by atoms with Crippen LogP contribution in [0.1, 0.15) is 23.7 Å². The molecule has 2 aromatic rings. The molecule has 0 heterocycles. The molecule has 0 fully saturated rings. The number of carbonyl (C=O) groups is 1. The van der Waals surface area contributed by atoms with Gasteiger partial charge in [0.1, 0.15) is 0 Å².